The van der Waals surface area contributed by atoms with Gasteiger partial charge in [0.1, 0.15) is 11.4 Å². The zero-order valence-corrected chi connectivity index (χ0v) is 10.9. The van der Waals surface area contributed by atoms with Gasteiger partial charge in [-0.05, 0) is 0 Å². The Hall–Kier alpha value is -2.11. The second-order valence-electron chi connectivity index (χ2n) is 3.63. The first kappa shape index (κ1) is 14.9. The second kappa shape index (κ2) is 7.35. The van der Waals surface area contributed by atoms with Gasteiger partial charge in [0.15, 0.2) is 0 Å². The molecule has 0 bridgehead atoms. The number of benzene rings is 2. The van der Waals surface area contributed by atoms with E-state index < -0.39 is 0 Å². The predicted octanol–water partition coefficient (Wildman–Crippen LogP) is 2.74. The van der Waals surface area contributed by atoms with Crippen molar-refractivity contribution >= 4 is 11.4 Å². The van der Waals surface area contributed by atoms with Crippen molar-refractivity contribution in [2.45, 2.75) is 0 Å². The van der Waals surface area contributed by atoms with E-state index in [0.717, 1.165) is 0 Å². The number of nitrogens with zero attached hydrogens (tertiary/aromatic N) is 2. The van der Waals surface area contributed by atoms with Crippen molar-refractivity contribution in [2.24, 2.45) is 10.3 Å². The van der Waals surface area contributed by atoms with Crippen LogP contribution in [0, 0.1) is 0 Å². The van der Waals surface area contributed by atoms with Gasteiger partial charge in [0, 0.05) is 27.9 Å². The monoisotopic (exact) mass is 299 g/mol. The van der Waals surface area contributed by atoms with Gasteiger partial charge >= 0.3 is 0 Å². The molecule has 0 saturated carbocycles. The van der Waals surface area contributed by atoms with Gasteiger partial charge in [-0.2, -0.15) is 0 Å². The molecule has 1 radical (unpaired) electrons. The minimum atomic E-state index is 0. The second-order valence-corrected chi connectivity index (χ2v) is 3.63. The largest absolute Gasteiger partial charge is 0.410 e. The molecule has 0 amide bonds. The summed E-state index contributed by atoms with van der Waals surface area (Å²) in [7, 11) is 0. The standard InChI is InChI=1S/C14H12N2O2.Co/c17-15-13(11-7-3-1-4-8-11)14(16-18)12-9-5-2-6-10-12;/h1-10,17-18H;. The van der Waals surface area contributed by atoms with Crippen molar-refractivity contribution in [2.75, 3.05) is 0 Å². The Morgan fingerprint density at radius 2 is 0.947 bits per heavy atom. The smallest absolute Gasteiger partial charge is 0.139 e. The Morgan fingerprint density at radius 3 is 1.21 bits per heavy atom. The van der Waals surface area contributed by atoms with E-state index >= 15 is 0 Å². The van der Waals surface area contributed by atoms with Crippen LogP contribution >= 0.6 is 0 Å². The topological polar surface area (TPSA) is 65.2 Å². The van der Waals surface area contributed by atoms with Crippen molar-refractivity contribution < 1.29 is 27.2 Å². The maximum absolute atomic E-state index is 9.14. The van der Waals surface area contributed by atoms with E-state index in [1.54, 1.807) is 24.3 Å². The van der Waals surface area contributed by atoms with Crippen LogP contribution in [-0.2, 0) is 16.8 Å². The number of oxime groups is 2. The van der Waals surface area contributed by atoms with E-state index in [4.69, 9.17) is 10.4 Å². The normalized spacial score (nSPS) is 11.8. The molecular formula is C14H12CoN2O2. The van der Waals surface area contributed by atoms with E-state index in [-0.39, 0.29) is 28.2 Å². The minimum Gasteiger partial charge on any atom is -0.410 e. The molecule has 2 aromatic rings. The molecular weight excluding hydrogens is 287 g/mol. The van der Waals surface area contributed by atoms with Crippen molar-refractivity contribution in [1.29, 1.82) is 0 Å². The summed E-state index contributed by atoms with van der Waals surface area (Å²) in [6.45, 7) is 0. The van der Waals surface area contributed by atoms with Gasteiger partial charge in [-0.15, -0.1) is 0 Å². The van der Waals surface area contributed by atoms with Gasteiger partial charge in [0.05, 0.1) is 0 Å². The fraction of sp³-hybridized carbons (Fsp3) is 0. The van der Waals surface area contributed by atoms with E-state index in [2.05, 4.69) is 10.3 Å². The first-order chi connectivity index (χ1) is 8.86. The van der Waals surface area contributed by atoms with Crippen LogP contribution in [0.1, 0.15) is 11.1 Å². The van der Waals surface area contributed by atoms with Crippen LogP contribution < -0.4 is 0 Å². The fourth-order valence-electron chi connectivity index (χ4n) is 1.68. The maximum atomic E-state index is 9.14. The molecule has 0 fully saturated rings. The molecule has 0 heterocycles. The van der Waals surface area contributed by atoms with Crippen LogP contribution in [0.5, 0.6) is 0 Å². The van der Waals surface area contributed by atoms with Crippen molar-refractivity contribution in [3.63, 3.8) is 0 Å². The Labute approximate surface area is 121 Å². The molecule has 2 aromatic carbocycles. The van der Waals surface area contributed by atoms with Crippen molar-refractivity contribution in [3.8, 4) is 0 Å². The summed E-state index contributed by atoms with van der Waals surface area (Å²) in [6.07, 6.45) is 0. The minimum absolute atomic E-state index is 0. The number of hydrogen-bond acceptors (Lipinski definition) is 4. The number of hydrogen-bond donors (Lipinski definition) is 2. The summed E-state index contributed by atoms with van der Waals surface area (Å²) in [5.74, 6) is 0. The van der Waals surface area contributed by atoms with Crippen LogP contribution in [0.25, 0.3) is 0 Å². The van der Waals surface area contributed by atoms with Crippen LogP contribution in [0.15, 0.2) is 71.0 Å². The van der Waals surface area contributed by atoms with E-state index in [1.807, 2.05) is 36.4 Å². The molecule has 0 aliphatic carbocycles. The summed E-state index contributed by atoms with van der Waals surface area (Å²) >= 11 is 0. The van der Waals surface area contributed by atoms with Crippen LogP contribution in [0.3, 0.4) is 0 Å². The molecule has 0 aliphatic rings. The first-order valence-corrected chi connectivity index (χ1v) is 5.42. The fourth-order valence-corrected chi connectivity index (χ4v) is 1.68. The molecule has 99 valence electrons. The molecule has 5 heteroatoms. The Morgan fingerprint density at radius 1 is 0.632 bits per heavy atom. The van der Waals surface area contributed by atoms with Gasteiger partial charge in [0.2, 0.25) is 0 Å². The summed E-state index contributed by atoms with van der Waals surface area (Å²) in [5.41, 5.74) is 1.81. The van der Waals surface area contributed by atoms with Crippen LogP contribution in [-0.4, -0.2) is 21.8 Å². The van der Waals surface area contributed by atoms with Crippen molar-refractivity contribution in [1.82, 2.24) is 0 Å². The van der Waals surface area contributed by atoms with Gasteiger partial charge < -0.3 is 10.4 Å². The molecule has 2 rings (SSSR count). The van der Waals surface area contributed by atoms with Gasteiger partial charge in [-0.25, -0.2) is 0 Å². The summed E-state index contributed by atoms with van der Waals surface area (Å²) in [6, 6.07) is 18.1. The van der Waals surface area contributed by atoms with Gasteiger partial charge in [0.25, 0.3) is 0 Å². The summed E-state index contributed by atoms with van der Waals surface area (Å²) in [5, 5.41) is 24.7. The first-order valence-electron chi connectivity index (χ1n) is 5.42. The zero-order valence-electron chi connectivity index (χ0n) is 9.90. The molecule has 0 saturated heterocycles. The average molecular weight is 299 g/mol. The zero-order chi connectivity index (χ0) is 12.8. The molecule has 19 heavy (non-hydrogen) atoms. The molecule has 0 atom stereocenters. The predicted molar refractivity (Wildman–Crippen MR) is 69.5 cm³/mol. The third-order valence-corrected chi connectivity index (χ3v) is 2.52. The maximum Gasteiger partial charge on any atom is 0.139 e. The summed E-state index contributed by atoms with van der Waals surface area (Å²) < 4.78 is 0. The third-order valence-electron chi connectivity index (χ3n) is 2.52. The number of rotatable bonds is 3. The molecule has 0 aliphatic heterocycles. The van der Waals surface area contributed by atoms with Crippen LogP contribution in [0.4, 0.5) is 0 Å². The van der Waals surface area contributed by atoms with Crippen molar-refractivity contribution in [3.05, 3.63) is 71.8 Å². The van der Waals surface area contributed by atoms with E-state index in [0.29, 0.717) is 11.1 Å². The molecule has 2 N–H and O–H groups in total. The Balaban J connectivity index is 0.00000180. The van der Waals surface area contributed by atoms with Gasteiger partial charge in [-0.3, -0.25) is 0 Å². The molecule has 0 unspecified atom stereocenters. The van der Waals surface area contributed by atoms with E-state index in [9.17, 15) is 0 Å². The van der Waals surface area contributed by atoms with Gasteiger partial charge in [-0.1, -0.05) is 71.0 Å². The van der Waals surface area contributed by atoms with E-state index in [1.165, 1.54) is 0 Å². The molecule has 0 spiro atoms. The molecule has 4 nitrogen and oxygen atoms in total. The Kier molecular flexibility index (Phi) is 5.78. The SMILES string of the molecule is ON=C(C(=NO)c1ccccc1)c1ccccc1.[Co]. The average Bonchev–Trinajstić information content (AvgIpc) is 2.46. The van der Waals surface area contributed by atoms with Crippen LogP contribution in [0.2, 0.25) is 0 Å². The Bertz CT molecular complexity index is 515. The third kappa shape index (κ3) is 3.43. The molecule has 0 aromatic heterocycles. The quantitative estimate of drug-likeness (QED) is 0.520. The summed E-state index contributed by atoms with van der Waals surface area (Å²) in [4.78, 5) is 0.